The number of rotatable bonds is 5. The molecule has 2 N–H and O–H groups in total. The number of benzene rings is 2. The summed E-state index contributed by atoms with van der Waals surface area (Å²) in [5, 5.41) is 3.70. The lowest BCUT2D eigenvalue weighted by Crippen LogP contribution is -3.12. The molecule has 0 saturated carbocycles. The van der Waals surface area contributed by atoms with Crippen LogP contribution >= 0.6 is 23.2 Å². The molecule has 2 aromatic carbocycles. The number of likely N-dealkylation sites (N-methyl/N-ethyl adjacent to an activating group) is 1. The Morgan fingerprint density at radius 2 is 1.68 bits per heavy atom. The van der Waals surface area contributed by atoms with Crippen molar-refractivity contribution >= 4 is 34.8 Å². The third-order valence-electron chi connectivity index (χ3n) is 3.67. The Bertz CT molecular complexity index is 626. The van der Waals surface area contributed by atoms with Gasteiger partial charge in [0, 0.05) is 5.56 Å². The van der Waals surface area contributed by atoms with E-state index in [9.17, 15) is 4.79 Å². The summed E-state index contributed by atoms with van der Waals surface area (Å²) in [6.45, 7) is 2.66. The number of amides is 1. The van der Waals surface area contributed by atoms with E-state index in [-0.39, 0.29) is 11.9 Å². The van der Waals surface area contributed by atoms with Crippen molar-refractivity contribution in [2.24, 2.45) is 0 Å². The van der Waals surface area contributed by atoms with Gasteiger partial charge < -0.3 is 10.2 Å². The number of para-hydroxylation sites is 1. The van der Waals surface area contributed by atoms with Crippen LogP contribution < -0.4 is 10.2 Å². The van der Waals surface area contributed by atoms with Gasteiger partial charge in [0.15, 0.2) is 6.04 Å². The third kappa shape index (κ3) is 4.23. The molecule has 1 amide bonds. The monoisotopic (exact) mass is 337 g/mol. The molecule has 0 bridgehead atoms. The molecule has 2 atom stereocenters. The fraction of sp³-hybridized carbons (Fsp3) is 0.235. The maximum Gasteiger partial charge on any atom is 0.282 e. The summed E-state index contributed by atoms with van der Waals surface area (Å²) in [4.78, 5) is 13.5. The lowest BCUT2D eigenvalue weighted by atomic mass is 10.2. The Kier molecular flexibility index (Phi) is 5.83. The number of quaternary nitrogens is 1. The van der Waals surface area contributed by atoms with Crippen LogP contribution in [0, 0.1) is 0 Å². The van der Waals surface area contributed by atoms with Crippen LogP contribution in [-0.4, -0.2) is 19.0 Å². The molecule has 22 heavy (non-hydrogen) atoms. The molecule has 0 aliphatic carbocycles. The quantitative estimate of drug-likeness (QED) is 0.863. The Balaban J connectivity index is 2.03. The van der Waals surface area contributed by atoms with Gasteiger partial charge in [-0.25, -0.2) is 0 Å². The van der Waals surface area contributed by atoms with Crippen LogP contribution in [0.2, 0.25) is 10.0 Å². The van der Waals surface area contributed by atoms with Crippen molar-refractivity contribution in [3.05, 3.63) is 64.1 Å². The van der Waals surface area contributed by atoms with Crippen molar-refractivity contribution in [1.29, 1.82) is 0 Å². The molecule has 0 saturated heterocycles. The Morgan fingerprint density at radius 1 is 1.09 bits per heavy atom. The zero-order valence-corrected chi connectivity index (χ0v) is 14.1. The summed E-state index contributed by atoms with van der Waals surface area (Å²) < 4.78 is 0. The molecule has 2 rings (SSSR count). The summed E-state index contributed by atoms with van der Waals surface area (Å²) >= 11 is 12.2. The van der Waals surface area contributed by atoms with E-state index in [1.165, 1.54) is 5.56 Å². The predicted molar refractivity (Wildman–Crippen MR) is 91.6 cm³/mol. The Morgan fingerprint density at radius 3 is 2.27 bits per heavy atom. The molecule has 0 aromatic heterocycles. The van der Waals surface area contributed by atoms with Crippen LogP contribution in [0.4, 0.5) is 5.69 Å². The number of anilines is 1. The minimum absolute atomic E-state index is 0.108. The second kappa shape index (κ2) is 7.63. The highest BCUT2D eigenvalue weighted by atomic mass is 35.5. The molecule has 116 valence electrons. The lowest BCUT2D eigenvalue weighted by Gasteiger charge is -2.21. The highest BCUT2D eigenvalue weighted by molar-refractivity contribution is 6.39. The maximum absolute atomic E-state index is 12.4. The molecule has 1 unspecified atom stereocenters. The minimum atomic E-state index is -0.229. The smallest absolute Gasteiger partial charge is 0.282 e. The van der Waals surface area contributed by atoms with E-state index in [0.29, 0.717) is 15.7 Å². The van der Waals surface area contributed by atoms with Gasteiger partial charge in [0.1, 0.15) is 6.54 Å². The van der Waals surface area contributed by atoms with Crippen molar-refractivity contribution in [1.82, 2.24) is 0 Å². The topological polar surface area (TPSA) is 33.5 Å². The van der Waals surface area contributed by atoms with Gasteiger partial charge in [0.25, 0.3) is 5.91 Å². The first-order valence-electron chi connectivity index (χ1n) is 7.10. The SMILES string of the molecule is C[C@@H](C(=O)Nc1c(Cl)cccc1Cl)[NH+](C)Cc1ccccc1. The molecule has 5 heteroatoms. The highest BCUT2D eigenvalue weighted by Crippen LogP contribution is 2.29. The Labute approximate surface area is 140 Å². The van der Waals surface area contributed by atoms with E-state index in [1.807, 2.05) is 32.2 Å². The van der Waals surface area contributed by atoms with Crippen LogP contribution in [0.1, 0.15) is 12.5 Å². The Hall–Kier alpha value is -1.55. The fourth-order valence-corrected chi connectivity index (χ4v) is 2.64. The van der Waals surface area contributed by atoms with Gasteiger partial charge in [-0.2, -0.15) is 0 Å². The second-order valence-corrected chi connectivity index (χ2v) is 6.13. The lowest BCUT2D eigenvalue weighted by molar-refractivity contribution is -0.907. The standard InChI is InChI=1S/C17H18Cl2N2O/c1-12(21(2)11-13-7-4-3-5-8-13)17(22)20-16-14(18)9-6-10-15(16)19/h3-10,12H,11H2,1-2H3,(H,20,22)/p+1/t12-/m0/s1. The fourth-order valence-electron chi connectivity index (χ4n) is 2.14. The van der Waals surface area contributed by atoms with Crippen LogP contribution in [0.15, 0.2) is 48.5 Å². The molecule has 2 aromatic rings. The first-order valence-corrected chi connectivity index (χ1v) is 7.85. The summed E-state index contributed by atoms with van der Waals surface area (Å²) in [6, 6.07) is 15.0. The van der Waals surface area contributed by atoms with Crippen LogP contribution in [0.25, 0.3) is 0 Å². The van der Waals surface area contributed by atoms with E-state index < -0.39 is 0 Å². The first-order chi connectivity index (χ1) is 10.5. The molecule has 0 fully saturated rings. The third-order valence-corrected chi connectivity index (χ3v) is 4.30. The van der Waals surface area contributed by atoms with Gasteiger partial charge in [-0.3, -0.25) is 4.79 Å². The average Bonchev–Trinajstić information content (AvgIpc) is 2.51. The van der Waals surface area contributed by atoms with Gasteiger partial charge in [0.2, 0.25) is 0 Å². The predicted octanol–water partition coefficient (Wildman–Crippen LogP) is 3.04. The largest absolute Gasteiger partial charge is 0.324 e. The van der Waals surface area contributed by atoms with E-state index in [1.54, 1.807) is 18.2 Å². The van der Waals surface area contributed by atoms with Crippen LogP contribution in [-0.2, 0) is 11.3 Å². The molecule has 3 nitrogen and oxygen atoms in total. The maximum atomic E-state index is 12.4. The number of hydrogen-bond donors (Lipinski definition) is 2. The zero-order valence-electron chi connectivity index (χ0n) is 12.6. The van der Waals surface area contributed by atoms with Crippen molar-refractivity contribution in [3.8, 4) is 0 Å². The van der Waals surface area contributed by atoms with E-state index in [4.69, 9.17) is 23.2 Å². The first kappa shape index (κ1) is 16.8. The molecule has 0 spiro atoms. The van der Waals surface area contributed by atoms with Gasteiger partial charge in [-0.1, -0.05) is 59.6 Å². The molecule has 0 radical (unpaired) electrons. The molecule has 0 aliphatic heterocycles. The summed E-state index contributed by atoms with van der Waals surface area (Å²) in [7, 11) is 1.99. The van der Waals surface area contributed by atoms with E-state index in [2.05, 4.69) is 17.4 Å². The van der Waals surface area contributed by atoms with Gasteiger partial charge in [-0.05, 0) is 19.1 Å². The van der Waals surface area contributed by atoms with Crippen molar-refractivity contribution in [2.45, 2.75) is 19.5 Å². The summed E-state index contributed by atoms with van der Waals surface area (Å²) in [5.74, 6) is -0.108. The molecule has 0 heterocycles. The molecule has 0 aliphatic rings. The number of halogens is 2. The second-order valence-electron chi connectivity index (χ2n) is 5.32. The van der Waals surface area contributed by atoms with Crippen molar-refractivity contribution in [2.75, 3.05) is 12.4 Å². The van der Waals surface area contributed by atoms with Crippen molar-refractivity contribution < 1.29 is 9.69 Å². The average molecular weight is 338 g/mol. The highest BCUT2D eigenvalue weighted by Gasteiger charge is 2.23. The van der Waals surface area contributed by atoms with Gasteiger partial charge in [-0.15, -0.1) is 0 Å². The molecular weight excluding hydrogens is 319 g/mol. The minimum Gasteiger partial charge on any atom is -0.324 e. The van der Waals surface area contributed by atoms with E-state index >= 15 is 0 Å². The summed E-state index contributed by atoms with van der Waals surface area (Å²) in [5.41, 5.74) is 1.66. The van der Waals surface area contributed by atoms with Gasteiger partial charge >= 0.3 is 0 Å². The van der Waals surface area contributed by atoms with Gasteiger partial charge in [0.05, 0.1) is 22.8 Å². The number of hydrogen-bond acceptors (Lipinski definition) is 1. The van der Waals surface area contributed by atoms with Crippen LogP contribution in [0.3, 0.4) is 0 Å². The summed E-state index contributed by atoms with van der Waals surface area (Å²) in [6.07, 6.45) is 0. The van der Waals surface area contributed by atoms with E-state index in [0.717, 1.165) is 11.4 Å². The number of carbonyl (C=O) groups is 1. The molecular formula is C17H19Cl2N2O+. The normalized spacial score (nSPS) is 13.5. The number of carbonyl (C=O) groups excluding carboxylic acids is 1. The van der Waals surface area contributed by atoms with Crippen molar-refractivity contribution in [3.63, 3.8) is 0 Å². The van der Waals surface area contributed by atoms with Crippen LogP contribution in [0.5, 0.6) is 0 Å². The zero-order chi connectivity index (χ0) is 16.1. The number of nitrogens with one attached hydrogen (secondary N) is 2.